The van der Waals surface area contributed by atoms with Crippen molar-refractivity contribution < 1.29 is 31.4 Å². The summed E-state index contributed by atoms with van der Waals surface area (Å²) in [5.74, 6) is 0. The molecule has 0 unspecified atom stereocenters. The van der Waals surface area contributed by atoms with Gasteiger partial charge in [-0.3, -0.25) is 0 Å². The van der Waals surface area contributed by atoms with E-state index in [1.807, 2.05) is 0 Å². The van der Waals surface area contributed by atoms with Crippen molar-refractivity contribution in [2.75, 3.05) is 0 Å². The topological polar surface area (TPSA) is 20.2 Å². The third-order valence-corrected chi connectivity index (χ3v) is 2.78. The lowest BCUT2D eigenvalue weighted by Crippen LogP contribution is -2.54. The SMILES string of the molecule is OC(c1ccccc1Br)(C(F)(F)F)C(F)(F)F. The predicted octanol–water partition coefficient (Wildman–Crippen LogP) is 3.76. The lowest BCUT2D eigenvalue weighted by Gasteiger charge is -2.33. The van der Waals surface area contributed by atoms with Crippen LogP contribution in [0.15, 0.2) is 28.7 Å². The molecule has 1 aromatic carbocycles. The van der Waals surface area contributed by atoms with Crippen LogP contribution in [0.25, 0.3) is 0 Å². The number of hydrogen-bond donors (Lipinski definition) is 1. The highest BCUT2D eigenvalue weighted by Crippen LogP contribution is 2.51. The molecule has 1 nitrogen and oxygen atoms in total. The first-order valence-electron chi connectivity index (χ1n) is 4.12. The van der Waals surface area contributed by atoms with E-state index >= 15 is 0 Å². The molecule has 96 valence electrons. The number of halogens is 7. The van der Waals surface area contributed by atoms with Gasteiger partial charge in [-0.25, -0.2) is 0 Å². The highest BCUT2D eigenvalue weighted by molar-refractivity contribution is 9.10. The first-order chi connectivity index (χ1) is 7.52. The van der Waals surface area contributed by atoms with Crippen molar-refractivity contribution in [1.82, 2.24) is 0 Å². The van der Waals surface area contributed by atoms with Crippen LogP contribution in [0.1, 0.15) is 5.56 Å². The molecule has 0 aliphatic heterocycles. The van der Waals surface area contributed by atoms with Crippen LogP contribution >= 0.6 is 15.9 Å². The molecule has 0 spiro atoms. The molecule has 0 aromatic heterocycles. The Balaban J connectivity index is 3.53. The lowest BCUT2D eigenvalue weighted by molar-refractivity contribution is -0.376. The van der Waals surface area contributed by atoms with Crippen LogP contribution in [0.4, 0.5) is 26.3 Å². The van der Waals surface area contributed by atoms with Crippen molar-refractivity contribution in [3.63, 3.8) is 0 Å². The van der Waals surface area contributed by atoms with E-state index in [1.165, 1.54) is 6.07 Å². The largest absolute Gasteiger partial charge is 0.430 e. The summed E-state index contributed by atoms with van der Waals surface area (Å²) in [5, 5.41) is 9.06. The van der Waals surface area contributed by atoms with Gasteiger partial charge >= 0.3 is 12.4 Å². The van der Waals surface area contributed by atoms with Crippen LogP contribution < -0.4 is 0 Å². The molecule has 1 rings (SSSR count). The zero-order valence-corrected chi connectivity index (χ0v) is 9.49. The molecule has 0 bridgehead atoms. The molecular formula is C9H5BrF6O. The van der Waals surface area contributed by atoms with Gasteiger partial charge in [0.15, 0.2) is 0 Å². The van der Waals surface area contributed by atoms with Gasteiger partial charge in [0.05, 0.1) is 0 Å². The summed E-state index contributed by atoms with van der Waals surface area (Å²) >= 11 is 2.56. The van der Waals surface area contributed by atoms with Crippen molar-refractivity contribution in [3.05, 3.63) is 34.3 Å². The van der Waals surface area contributed by atoms with Crippen LogP contribution in [0.5, 0.6) is 0 Å². The molecular weight excluding hydrogens is 318 g/mol. The Hall–Kier alpha value is -0.760. The van der Waals surface area contributed by atoms with Gasteiger partial charge in [0.2, 0.25) is 0 Å². The number of aliphatic hydroxyl groups is 1. The van der Waals surface area contributed by atoms with Crippen LogP contribution in [0.2, 0.25) is 0 Å². The maximum absolute atomic E-state index is 12.5. The molecule has 0 amide bonds. The Kier molecular flexibility index (Phi) is 3.50. The van der Waals surface area contributed by atoms with E-state index in [4.69, 9.17) is 5.11 Å². The van der Waals surface area contributed by atoms with Crippen molar-refractivity contribution in [2.24, 2.45) is 0 Å². The van der Waals surface area contributed by atoms with E-state index in [-0.39, 0.29) is 0 Å². The molecule has 17 heavy (non-hydrogen) atoms. The normalized spacial score (nSPS) is 13.9. The van der Waals surface area contributed by atoms with Gasteiger partial charge < -0.3 is 5.11 Å². The second-order valence-corrected chi connectivity index (χ2v) is 4.04. The Bertz CT molecular complexity index is 397. The highest BCUT2D eigenvalue weighted by Gasteiger charge is 2.71. The summed E-state index contributed by atoms with van der Waals surface area (Å²) < 4.78 is 74.4. The first kappa shape index (κ1) is 14.3. The molecule has 0 aliphatic rings. The minimum absolute atomic E-state index is 0.475. The van der Waals surface area contributed by atoms with Crippen molar-refractivity contribution in [3.8, 4) is 0 Å². The predicted molar refractivity (Wildman–Crippen MR) is 50.1 cm³/mol. The van der Waals surface area contributed by atoms with E-state index in [1.54, 1.807) is 0 Å². The van der Waals surface area contributed by atoms with Gasteiger partial charge in [0, 0.05) is 10.0 Å². The summed E-state index contributed by atoms with van der Waals surface area (Å²) in [6.45, 7) is 0. The zero-order valence-electron chi connectivity index (χ0n) is 7.90. The Morgan fingerprint density at radius 3 is 1.65 bits per heavy atom. The third-order valence-electron chi connectivity index (χ3n) is 2.08. The number of alkyl halides is 6. The second kappa shape index (κ2) is 4.16. The fourth-order valence-corrected chi connectivity index (χ4v) is 1.79. The number of hydrogen-bond acceptors (Lipinski definition) is 1. The second-order valence-electron chi connectivity index (χ2n) is 3.19. The number of benzene rings is 1. The fourth-order valence-electron chi connectivity index (χ4n) is 1.22. The number of rotatable bonds is 1. The summed E-state index contributed by atoms with van der Waals surface area (Å²) in [5.41, 5.74) is -6.18. The molecule has 0 heterocycles. The van der Waals surface area contributed by atoms with Gasteiger partial charge in [-0.15, -0.1) is 0 Å². The minimum Gasteiger partial charge on any atom is -0.369 e. The maximum atomic E-state index is 12.5. The standard InChI is InChI=1S/C9H5BrF6O/c10-6-4-2-1-3-5(6)7(17,8(11,12)13)9(14,15)16/h1-4,17H. The molecule has 0 atom stereocenters. The highest BCUT2D eigenvalue weighted by atomic mass is 79.9. The average Bonchev–Trinajstić information content (AvgIpc) is 2.13. The average molecular weight is 323 g/mol. The van der Waals surface area contributed by atoms with E-state index in [2.05, 4.69) is 15.9 Å². The quantitative estimate of drug-likeness (QED) is 0.780. The van der Waals surface area contributed by atoms with E-state index in [9.17, 15) is 26.3 Å². The summed E-state index contributed by atoms with van der Waals surface area (Å²) in [4.78, 5) is 0. The zero-order chi connectivity index (χ0) is 13.5. The fraction of sp³-hybridized carbons (Fsp3) is 0.333. The molecule has 0 radical (unpaired) electrons. The monoisotopic (exact) mass is 322 g/mol. The summed E-state index contributed by atoms with van der Waals surface area (Å²) in [7, 11) is 0. The van der Waals surface area contributed by atoms with Crippen molar-refractivity contribution >= 4 is 15.9 Å². The summed E-state index contributed by atoms with van der Waals surface area (Å²) in [6, 6.07) is 3.76. The van der Waals surface area contributed by atoms with Crippen molar-refractivity contribution in [1.29, 1.82) is 0 Å². The van der Waals surface area contributed by atoms with Crippen LogP contribution in [-0.2, 0) is 5.60 Å². The molecule has 8 heteroatoms. The first-order valence-corrected chi connectivity index (χ1v) is 4.92. The van der Waals surface area contributed by atoms with Gasteiger partial charge in [-0.1, -0.05) is 34.1 Å². The molecule has 0 fully saturated rings. The van der Waals surface area contributed by atoms with Gasteiger partial charge in [-0.05, 0) is 6.07 Å². The molecule has 0 aliphatic carbocycles. The van der Waals surface area contributed by atoms with Gasteiger partial charge in [0.25, 0.3) is 5.60 Å². The maximum Gasteiger partial charge on any atom is 0.430 e. The van der Waals surface area contributed by atoms with Crippen molar-refractivity contribution in [2.45, 2.75) is 18.0 Å². The Labute approximate surface area is 100 Å². The van der Waals surface area contributed by atoms with E-state index in [0.29, 0.717) is 6.07 Å². The van der Waals surface area contributed by atoms with E-state index in [0.717, 1.165) is 12.1 Å². The summed E-state index contributed by atoms with van der Waals surface area (Å²) in [6.07, 6.45) is -11.7. The van der Waals surface area contributed by atoms with Gasteiger partial charge in [-0.2, -0.15) is 26.3 Å². The minimum atomic E-state index is -5.87. The van der Waals surface area contributed by atoms with Crippen LogP contribution in [-0.4, -0.2) is 17.5 Å². The Morgan fingerprint density at radius 2 is 1.29 bits per heavy atom. The van der Waals surface area contributed by atoms with Crippen LogP contribution in [0.3, 0.4) is 0 Å². The molecule has 1 aromatic rings. The molecule has 0 saturated carbocycles. The lowest BCUT2D eigenvalue weighted by atomic mass is 9.92. The third kappa shape index (κ3) is 2.28. The molecule has 1 N–H and O–H groups in total. The Morgan fingerprint density at radius 1 is 0.882 bits per heavy atom. The van der Waals surface area contributed by atoms with E-state index < -0.39 is 28.0 Å². The van der Waals surface area contributed by atoms with Crippen LogP contribution in [0, 0.1) is 0 Å². The van der Waals surface area contributed by atoms with Gasteiger partial charge in [0.1, 0.15) is 0 Å². The smallest absolute Gasteiger partial charge is 0.369 e. The molecule has 0 saturated heterocycles.